The summed E-state index contributed by atoms with van der Waals surface area (Å²) in [5, 5.41) is 18.4. The lowest BCUT2D eigenvalue weighted by Crippen LogP contribution is -2.06. The van der Waals surface area contributed by atoms with Crippen LogP contribution in [0.2, 0.25) is 0 Å². The van der Waals surface area contributed by atoms with E-state index < -0.39 is 12.2 Å². The minimum atomic E-state index is -0.568. The van der Waals surface area contributed by atoms with Gasteiger partial charge in [-0.25, -0.2) is 0 Å². The zero-order valence-corrected chi connectivity index (χ0v) is 7.88. The molecule has 0 saturated heterocycles. The summed E-state index contributed by atoms with van der Waals surface area (Å²) in [6.07, 6.45) is 2.07. The standard InChI is InChI=1S/C10H18O2/c1-3-5-9(11)7-8-10(12)6-4-2/h9-12H,3-6H2,1-2H3/t9-,10-/m0/s1. The second kappa shape index (κ2) is 7.15. The van der Waals surface area contributed by atoms with Crippen molar-refractivity contribution < 1.29 is 10.2 Å². The van der Waals surface area contributed by atoms with E-state index in [-0.39, 0.29) is 0 Å². The fraction of sp³-hybridized carbons (Fsp3) is 0.800. The molecule has 12 heavy (non-hydrogen) atoms. The molecule has 0 aliphatic carbocycles. The number of hydrogen-bond acceptors (Lipinski definition) is 2. The summed E-state index contributed by atoms with van der Waals surface area (Å²) in [7, 11) is 0. The van der Waals surface area contributed by atoms with Crippen LogP contribution in [0, 0.1) is 11.8 Å². The first-order chi connectivity index (χ1) is 5.70. The van der Waals surface area contributed by atoms with Crippen molar-refractivity contribution in [1.82, 2.24) is 0 Å². The van der Waals surface area contributed by atoms with Crippen molar-refractivity contribution in [1.29, 1.82) is 0 Å². The van der Waals surface area contributed by atoms with Gasteiger partial charge in [0.2, 0.25) is 0 Å². The molecule has 0 heterocycles. The average Bonchev–Trinajstić information content (AvgIpc) is 2.02. The molecule has 2 nitrogen and oxygen atoms in total. The predicted molar refractivity (Wildman–Crippen MR) is 49.6 cm³/mol. The second-order valence-electron chi connectivity index (χ2n) is 2.90. The summed E-state index contributed by atoms with van der Waals surface area (Å²) < 4.78 is 0. The molecule has 2 N–H and O–H groups in total. The molecule has 0 aromatic carbocycles. The largest absolute Gasteiger partial charge is 0.380 e. The summed E-state index contributed by atoms with van der Waals surface area (Å²) in [6, 6.07) is 0. The van der Waals surface area contributed by atoms with Crippen LogP contribution < -0.4 is 0 Å². The Balaban J connectivity index is 3.68. The van der Waals surface area contributed by atoms with E-state index in [2.05, 4.69) is 11.8 Å². The number of aliphatic hydroxyl groups excluding tert-OH is 2. The van der Waals surface area contributed by atoms with Gasteiger partial charge in [-0.1, -0.05) is 38.5 Å². The summed E-state index contributed by atoms with van der Waals surface area (Å²) in [4.78, 5) is 0. The third-order valence-electron chi connectivity index (χ3n) is 1.54. The van der Waals surface area contributed by atoms with Gasteiger partial charge in [-0.3, -0.25) is 0 Å². The van der Waals surface area contributed by atoms with Crippen LogP contribution in [0.4, 0.5) is 0 Å². The van der Waals surface area contributed by atoms with Gasteiger partial charge in [-0.2, -0.15) is 0 Å². The van der Waals surface area contributed by atoms with Gasteiger partial charge in [-0.05, 0) is 12.8 Å². The Hall–Kier alpha value is -0.520. The SMILES string of the molecule is CCC[C@H](O)C#C[C@@H](O)CCC. The number of aliphatic hydroxyl groups is 2. The van der Waals surface area contributed by atoms with Crippen LogP contribution in [-0.4, -0.2) is 22.4 Å². The fourth-order valence-electron chi connectivity index (χ4n) is 0.884. The zero-order chi connectivity index (χ0) is 9.40. The van der Waals surface area contributed by atoms with Crippen LogP contribution in [0.5, 0.6) is 0 Å². The van der Waals surface area contributed by atoms with Gasteiger partial charge < -0.3 is 10.2 Å². The minimum Gasteiger partial charge on any atom is -0.380 e. The molecule has 0 saturated carbocycles. The lowest BCUT2D eigenvalue weighted by Gasteiger charge is -2.01. The monoisotopic (exact) mass is 170 g/mol. The van der Waals surface area contributed by atoms with Gasteiger partial charge in [0.25, 0.3) is 0 Å². The van der Waals surface area contributed by atoms with Crippen molar-refractivity contribution in [3.63, 3.8) is 0 Å². The van der Waals surface area contributed by atoms with Gasteiger partial charge in [0.05, 0.1) is 0 Å². The highest BCUT2D eigenvalue weighted by Crippen LogP contribution is 1.96. The van der Waals surface area contributed by atoms with Crippen molar-refractivity contribution in [3.05, 3.63) is 0 Å². The first kappa shape index (κ1) is 11.5. The molecule has 2 heteroatoms. The van der Waals surface area contributed by atoms with Crippen molar-refractivity contribution in [2.75, 3.05) is 0 Å². The number of hydrogen-bond donors (Lipinski definition) is 2. The molecule has 2 atom stereocenters. The molecule has 0 radical (unpaired) electrons. The smallest absolute Gasteiger partial charge is 0.114 e. The van der Waals surface area contributed by atoms with E-state index in [4.69, 9.17) is 0 Å². The number of rotatable bonds is 4. The summed E-state index contributed by atoms with van der Waals surface area (Å²) in [5.41, 5.74) is 0. The molecule has 0 aromatic heterocycles. The van der Waals surface area contributed by atoms with E-state index in [9.17, 15) is 10.2 Å². The highest BCUT2D eigenvalue weighted by molar-refractivity contribution is 5.08. The molecule has 0 bridgehead atoms. The van der Waals surface area contributed by atoms with Gasteiger partial charge >= 0.3 is 0 Å². The summed E-state index contributed by atoms with van der Waals surface area (Å²) >= 11 is 0. The summed E-state index contributed by atoms with van der Waals surface area (Å²) in [5.74, 6) is 5.25. The Morgan fingerprint density at radius 2 is 1.25 bits per heavy atom. The van der Waals surface area contributed by atoms with Crippen LogP contribution in [0.1, 0.15) is 39.5 Å². The topological polar surface area (TPSA) is 40.5 Å². The quantitative estimate of drug-likeness (QED) is 0.624. The zero-order valence-electron chi connectivity index (χ0n) is 7.88. The molecule has 70 valence electrons. The van der Waals surface area contributed by atoms with E-state index in [1.165, 1.54) is 0 Å². The van der Waals surface area contributed by atoms with Gasteiger partial charge in [-0.15, -0.1) is 0 Å². The van der Waals surface area contributed by atoms with Gasteiger partial charge in [0, 0.05) is 0 Å². The fourth-order valence-corrected chi connectivity index (χ4v) is 0.884. The molecular formula is C10H18O2. The first-order valence-corrected chi connectivity index (χ1v) is 4.57. The molecule has 0 amide bonds. The van der Waals surface area contributed by atoms with Crippen molar-refractivity contribution in [2.24, 2.45) is 0 Å². The molecule has 0 fully saturated rings. The third-order valence-corrected chi connectivity index (χ3v) is 1.54. The molecule has 0 aromatic rings. The van der Waals surface area contributed by atoms with Crippen LogP contribution in [0.3, 0.4) is 0 Å². The molecule has 0 aliphatic rings. The highest BCUT2D eigenvalue weighted by Gasteiger charge is 1.98. The molecule has 0 aliphatic heterocycles. The Labute approximate surface area is 74.6 Å². The van der Waals surface area contributed by atoms with E-state index in [0.717, 1.165) is 12.8 Å². The van der Waals surface area contributed by atoms with Crippen molar-refractivity contribution >= 4 is 0 Å². The predicted octanol–water partition coefficient (Wildman–Crippen LogP) is 1.31. The highest BCUT2D eigenvalue weighted by atomic mass is 16.3. The van der Waals surface area contributed by atoms with E-state index in [0.29, 0.717) is 12.8 Å². The van der Waals surface area contributed by atoms with Crippen LogP contribution in [0.25, 0.3) is 0 Å². The maximum absolute atomic E-state index is 9.18. The Kier molecular flexibility index (Phi) is 6.84. The minimum absolute atomic E-state index is 0.568. The average molecular weight is 170 g/mol. The Morgan fingerprint density at radius 1 is 0.917 bits per heavy atom. The summed E-state index contributed by atoms with van der Waals surface area (Å²) in [6.45, 7) is 3.99. The normalized spacial score (nSPS) is 14.7. The lowest BCUT2D eigenvalue weighted by atomic mass is 10.2. The third kappa shape index (κ3) is 6.21. The molecule has 0 spiro atoms. The van der Waals surface area contributed by atoms with Crippen molar-refractivity contribution in [2.45, 2.75) is 51.7 Å². The van der Waals surface area contributed by atoms with Crippen LogP contribution >= 0.6 is 0 Å². The maximum Gasteiger partial charge on any atom is 0.114 e. The van der Waals surface area contributed by atoms with Crippen LogP contribution in [-0.2, 0) is 0 Å². The van der Waals surface area contributed by atoms with E-state index in [1.54, 1.807) is 0 Å². The van der Waals surface area contributed by atoms with Crippen molar-refractivity contribution in [3.8, 4) is 11.8 Å². The van der Waals surface area contributed by atoms with Crippen LogP contribution in [0.15, 0.2) is 0 Å². The Bertz CT molecular complexity index is 139. The lowest BCUT2D eigenvalue weighted by molar-refractivity contribution is 0.210. The molecule has 0 rings (SSSR count). The molecular weight excluding hydrogens is 152 g/mol. The Morgan fingerprint density at radius 3 is 1.50 bits per heavy atom. The van der Waals surface area contributed by atoms with Gasteiger partial charge in [0.1, 0.15) is 12.2 Å². The first-order valence-electron chi connectivity index (χ1n) is 4.57. The maximum atomic E-state index is 9.18. The van der Waals surface area contributed by atoms with E-state index >= 15 is 0 Å². The molecule has 0 unspecified atom stereocenters. The van der Waals surface area contributed by atoms with Gasteiger partial charge in [0.15, 0.2) is 0 Å². The van der Waals surface area contributed by atoms with E-state index in [1.807, 2.05) is 13.8 Å². The second-order valence-corrected chi connectivity index (χ2v) is 2.90.